The van der Waals surface area contributed by atoms with Gasteiger partial charge in [0.2, 0.25) is 0 Å². The van der Waals surface area contributed by atoms with E-state index in [2.05, 4.69) is 34.6 Å². The van der Waals surface area contributed by atoms with Gasteiger partial charge in [0.25, 0.3) is 0 Å². The Labute approximate surface area is 607 Å². The van der Waals surface area contributed by atoms with Crippen LogP contribution in [-0.2, 0) is 65.4 Å². The maximum atomic E-state index is 13.1. The summed E-state index contributed by atoms with van der Waals surface area (Å²) in [6.45, 7) is 7.22. The topological polar surface area (TPSA) is 237 Å². The number of hydrogen-bond donors (Lipinski definition) is 3. The van der Waals surface area contributed by atoms with Crippen LogP contribution in [-0.4, -0.2) is 96.7 Å². The van der Waals surface area contributed by atoms with Gasteiger partial charge in [0.05, 0.1) is 26.4 Å². The number of ether oxygens (including phenoxy) is 4. The van der Waals surface area contributed by atoms with Gasteiger partial charge in [-0.3, -0.25) is 37.3 Å². The van der Waals surface area contributed by atoms with Crippen LogP contribution in [0.1, 0.15) is 426 Å². The maximum absolute atomic E-state index is 13.1. The molecule has 0 aliphatic carbocycles. The van der Waals surface area contributed by atoms with Crippen LogP contribution in [0.2, 0.25) is 0 Å². The van der Waals surface area contributed by atoms with Gasteiger partial charge in [-0.05, 0) is 31.6 Å². The highest BCUT2D eigenvalue weighted by molar-refractivity contribution is 7.47. The zero-order chi connectivity index (χ0) is 72.7. The number of aliphatic hydroxyl groups is 1. The molecular formula is C80H156O17P2. The van der Waals surface area contributed by atoms with Crippen LogP contribution in [0.5, 0.6) is 0 Å². The van der Waals surface area contributed by atoms with Crippen LogP contribution < -0.4 is 0 Å². The number of aliphatic hydroxyl groups excluding tert-OH is 1. The summed E-state index contributed by atoms with van der Waals surface area (Å²) >= 11 is 0. The molecule has 0 radical (unpaired) electrons. The molecule has 0 rings (SSSR count). The first kappa shape index (κ1) is 97.1. The quantitative estimate of drug-likeness (QED) is 0.0222. The molecule has 588 valence electrons. The lowest BCUT2D eigenvalue weighted by molar-refractivity contribution is -0.161. The van der Waals surface area contributed by atoms with Crippen molar-refractivity contribution in [2.45, 2.75) is 445 Å². The van der Waals surface area contributed by atoms with Crippen LogP contribution in [0.4, 0.5) is 0 Å². The van der Waals surface area contributed by atoms with E-state index in [9.17, 15) is 43.2 Å². The third-order valence-corrected chi connectivity index (χ3v) is 20.7. The van der Waals surface area contributed by atoms with Crippen molar-refractivity contribution in [3.63, 3.8) is 0 Å². The van der Waals surface area contributed by atoms with E-state index in [0.29, 0.717) is 25.7 Å². The van der Waals surface area contributed by atoms with Gasteiger partial charge in [-0.15, -0.1) is 0 Å². The minimum Gasteiger partial charge on any atom is -0.462 e. The van der Waals surface area contributed by atoms with E-state index in [1.54, 1.807) is 0 Å². The molecule has 0 amide bonds. The number of unbranched alkanes of at least 4 members (excludes halogenated alkanes) is 52. The molecule has 0 aliphatic rings. The molecule has 0 aromatic heterocycles. The number of phosphoric ester groups is 2. The number of esters is 4. The molecule has 0 saturated carbocycles. The van der Waals surface area contributed by atoms with E-state index in [-0.39, 0.29) is 25.7 Å². The standard InChI is InChI=1S/C80H156O17P2/c1-6-9-12-15-17-19-21-23-25-27-29-30-31-32-34-36-38-42-46-50-55-60-65-80(85)97-76(70-91-78(83)64-59-54-49-45-41-37-35-33-28-26-24-22-20-18-16-13-10-7-2)72-95-99(88,89)93-68-74(81)67-92-98(86,87)94-71-75(69-90-77(82)63-58-52-14-11-8-3)96-79(84)66-61-56-51-47-43-39-40-44-48-53-57-62-73(4)5/h73-76,81H,6-72H2,1-5H3,(H,86,87)(H,88,89)/t74-,75+,76+/m0/s1. The molecule has 0 saturated heterocycles. The van der Waals surface area contributed by atoms with Crippen molar-refractivity contribution in [1.29, 1.82) is 0 Å². The van der Waals surface area contributed by atoms with Crippen molar-refractivity contribution in [3.05, 3.63) is 0 Å². The second kappa shape index (κ2) is 73.0. The van der Waals surface area contributed by atoms with Crippen molar-refractivity contribution in [2.24, 2.45) is 5.92 Å². The van der Waals surface area contributed by atoms with Gasteiger partial charge in [-0.2, -0.15) is 0 Å². The summed E-state index contributed by atoms with van der Waals surface area (Å²) in [6.07, 6.45) is 64.5. The molecule has 0 bridgehead atoms. The number of hydrogen-bond acceptors (Lipinski definition) is 15. The van der Waals surface area contributed by atoms with Crippen LogP contribution in [0, 0.1) is 5.92 Å². The van der Waals surface area contributed by atoms with Crippen LogP contribution >= 0.6 is 15.6 Å². The molecular weight excluding hydrogens is 1290 g/mol. The van der Waals surface area contributed by atoms with Crippen molar-refractivity contribution in [2.75, 3.05) is 39.6 Å². The SMILES string of the molecule is CCCCCCCCCCCCCCCCCCCCCCCCC(=O)O[C@H](COC(=O)CCCCCCCCCCCCCCCCCCCC)COP(=O)(O)OC[C@@H](O)COP(=O)(O)OC[C@@H](COC(=O)CCCCCCC)OC(=O)CCCCCCCCCCCCCC(C)C. The van der Waals surface area contributed by atoms with Gasteiger partial charge in [-0.1, -0.05) is 375 Å². The van der Waals surface area contributed by atoms with Crippen LogP contribution in [0.25, 0.3) is 0 Å². The summed E-state index contributed by atoms with van der Waals surface area (Å²) in [4.78, 5) is 72.7. The lowest BCUT2D eigenvalue weighted by Crippen LogP contribution is -2.30. The molecule has 3 N–H and O–H groups in total. The number of carbonyl (C=O) groups excluding carboxylic acids is 4. The predicted molar refractivity (Wildman–Crippen MR) is 405 cm³/mol. The largest absolute Gasteiger partial charge is 0.472 e. The third kappa shape index (κ3) is 74.1. The Morgan fingerprint density at radius 2 is 0.465 bits per heavy atom. The van der Waals surface area contributed by atoms with E-state index < -0.39 is 97.5 Å². The minimum absolute atomic E-state index is 0.106. The summed E-state index contributed by atoms with van der Waals surface area (Å²) in [7, 11) is -9.91. The zero-order valence-electron chi connectivity index (χ0n) is 64.6. The van der Waals surface area contributed by atoms with E-state index in [1.165, 1.54) is 244 Å². The van der Waals surface area contributed by atoms with Crippen molar-refractivity contribution < 1.29 is 80.2 Å². The monoisotopic (exact) mass is 1450 g/mol. The van der Waals surface area contributed by atoms with Crippen LogP contribution in [0.15, 0.2) is 0 Å². The average Bonchev–Trinajstić information content (AvgIpc) is 1.05. The minimum atomic E-state index is -4.96. The molecule has 0 aliphatic heterocycles. The highest BCUT2D eigenvalue weighted by Crippen LogP contribution is 2.45. The van der Waals surface area contributed by atoms with Crippen LogP contribution in [0.3, 0.4) is 0 Å². The molecule has 0 aromatic carbocycles. The number of rotatable bonds is 80. The highest BCUT2D eigenvalue weighted by atomic mass is 31.2. The summed E-state index contributed by atoms with van der Waals surface area (Å²) in [6, 6.07) is 0. The Morgan fingerprint density at radius 1 is 0.273 bits per heavy atom. The van der Waals surface area contributed by atoms with Gasteiger partial charge in [0.1, 0.15) is 19.3 Å². The van der Waals surface area contributed by atoms with Crippen molar-refractivity contribution >= 4 is 39.5 Å². The maximum Gasteiger partial charge on any atom is 0.472 e. The first-order chi connectivity index (χ1) is 48.0. The summed E-state index contributed by atoms with van der Waals surface area (Å²) < 4.78 is 68.4. The number of phosphoric acid groups is 2. The van der Waals surface area contributed by atoms with E-state index in [1.807, 2.05) is 0 Å². The number of carbonyl (C=O) groups is 4. The lowest BCUT2D eigenvalue weighted by Gasteiger charge is -2.21. The van der Waals surface area contributed by atoms with Gasteiger partial charge >= 0.3 is 39.5 Å². The molecule has 0 spiro atoms. The summed E-state index contributed by atoms with van der Waals surface area (Å²) in [5, 5.41) is 10.6. The van der Waals surface area contributed by atoms with E-state index in [4.69, 9.17) is 37.0 Å². The third-order valence-electron chi connectivity index (χ3n) is 18.8. The Morgan fingerprint density at radius 3 is 0.687 bits per heavy atom. The fraction of sp³-hybridized carbons (Fsp3) is 0.950. The Hall–Kier alpha value is -1.94. The molecule has 17 nitrogen and oxygen atoms in total. The second-order valence-electron chi connectivity index (χ2n) is 29.3. The smallest absolute Gasteiger partial charge is 0.462 e. The zero-order valence-corrected chi connectivity index (χ0v) is 66.4. The van der Waals surface area contributed by atoms with Crippen molar-refractivity contribution in [1.82, 2.24) is 0 Å². The first-order valence-corrected chi connectivity index (χ1v) is 44.6. The Balaban J connectivity index is 5.11. The normalized spacial score (nSPS) is 13.9. The molecule has 2 unspecified atom stereocenters. The second-order valence-corrected chi connectivity index (χ2v) is 32.2. The molecule has 99 heavy (non-hydrogen) atoms. The molecule has 0 fully saturated rings. The van der Waals surface area contributed by atoms with Gasteiger partial charge in [0.15, 0.2) is 12.2 Å². The average molecular weight is 1450 g/mol. The first-order valence-electron chi connectivity index (χ1n) is 41.6. The fourth-order valence-corrected chi connectivity index (χ4v) is 14.0. The summed E-state index contributed by atoms with van der Waals surface area (Å²) in [5.41, 5.74) is 0. The van der Waals surface area contributed by atoms with Gasteiger partial charge in [0, 0.05) is 25.7 Å². The molecule has 0 heterocycles. The Bertz CT molecular complexity index is 1890. The van der Waals surface area contributed by atoms with Gasteiger partial charge < -0.3 is 33.8 Å². The predicted octanol–water partition coefficient (Wildman–Crippen LogP) is 24.0. The van der Waals surface area contributed by atoms with Gasteiger partial charge in [-0.25, -0.2) is 9.13 Å². The van der Waals surface area contributed by atoms with E-state index >= 15 is 0 Å². The van der Waals surface area contributed by atoms with E-state index in [0.717, 1.165) is 102 Å². The molecule has 19 heteroatoms. The fourth-order valence-electron chi connectivity index (χ4n) is 12.4. The summed E-state index contributed by atoms with van der Waals surface area (Å²) in [5.74, 6) is -1.36. The lowest BCUT2D eigenvalue weighted by atomic mass is 10.0. The molecule has 0 aromatic rings. The molecule has 5 atom stereocenters. The Kier molecular flexibility index (Phi) is 71.6. The van der Waals surface area contributed by atoms with Crippen molar-refractivity contribution in [3.8, 4) is 0 Å². The highest BCUT2D eigenvalue weighted by Gasteiger charge is 2.30.